The van der Waals surface area contributed by atoms with Crippen molar-refractivity contribution in [1.82, 2.24) is 4.90 Å². The molecule has 1 aliphatic rings. The summed E-state index contributed by atoms with van der Waals surface area (Å²) in [5.41, 5.74) is 7.47. The highest BCUT2D eigenvalue weighted by Crippen LogP contribution is 2.34. The van der Waals surface area contributed by atoms with Crippen molar-refractivity contribution >= 4 is 11.6 Å². The molecule has 0 atom stereocenters. The maximum absolute atomic E-state index is 12.6. The Labute approximate surface area is 115 Å². The number of nitrogens with zero attached hydrogens (tertiary/aromatic N) is 1. The molecule has 0 saturated carbocycles. The molecule has 1 aromatic carbocycles. The molecule has 1 saturated heterocycles. The number of nitrogens with two attached hydrogens (primary N) is 1. The fourth-order valence-electron chi connectivity index (χ4n) is 2.46. The first kappa shape index (κ1) is 14.7. The zero-order valence-electron chi connectivity index (χ0n) is 11.2. The average molecular weight is 286 g/mol. The highest BCUT2D eigenvalue weighted by Gasteiger charge is 2.41. The van der Waals surface area contributed by atoms with Crippen molar-refractivity contribution in [3.63, 3.8) is 0 Å². The maximum Gasteiger partial charge on any atom is 0.391 e. The Kier molecular flexibility index (Phi) is 3.92. The van der Waals surface area contributed by atoms with Gasteiger partial charge in [-0.3, -0.25) is 4.79 Å². The fraction of sp³-hybridized carbons (Fsp3) is 0.500. The highest BCUT2D eigenvalue weighted by atomic mass is 19.4. The Morgan fingerprint density at radius 1 is 1.30 bits per heavy atom. The average Bonchev–Trinajstić information content (AvgIpc) is 2.37. The lowest BCUT2D eigenvalue weighted by molar-refractivity contribution is -0.183. The zero-order chi connectivity index (χ0) is 14.9. The molecule has 0 spiro atoms. The second-order valence-corrected chi connectivity index (χ2v) is 5.20. The number of halogens is 3. The number of carbonyl (C=O) groups excluding carboxylic acids is 1. The minimum Gasteiger partial charge on any atom is -0.398 e. The van der Waals surface area contributed by atoms with Crippen molar-refractivity contribution in [3.05, 3.63) is 29.3 Å². The van der Waals surface area contributed by atoms with E-state index in [0.29, 0.717) is 11.3 Å². The summed E-state index contributed by atoms with van der Waals surface area (Å²) in [5.74, 6) is -1.59. The van der Waals surface area contributed by atoms with Crippen LogP contribution in [0.4, 0.5) is 18.9 Å². The summed E-state index contributed by atoms with van der Waals surface area (Å²) in [6, 6.07) is 5.09. The standard InChI is InChI=1S/C14H17F3N2O/c1-9-2-3-11(12(18)8-9)13(20)19-6-4-10(5-7-19)14(15,16)17/h2-3,8,10H,4-7,18H2,1H3. The molecule has 1 aliphatic heterocycles. The Morgan fingerprint density at radius 3 is 2.40 bits per heavy atom. The van der Waals surface area contributed by atoms with Gasteiger partial charge < -0.3 is 10.6 Å². The molecule has 1 amide bonds. The first-order valence-corrected chi connectivity index (χ1v) is 6.51. The number of benzene rings is 1. The lowest BCUT2D eigenvalue weighted by atomic mass is 9.95. The molecule has 20 heavy (non-hydrogen) atoms. The molecule has 6 heteroatoms. The minimum absolute atomic E-state index is 0.0407. The third kappa shape index (κ3) is 3.05. The van der Waals surface area contributed by atoms with Crippen molar-refractivity contribution in [2.45, 2.75) is 25.9 Å². The van der Waals surface area contributed by atoms with Crippen LogP contribution in [-0.2, 0) is 0 Å². The second kappa shape index (κ2) is 5.34. The summed E-state index contributed by atoms with van der Waals surface area (Å²) in [7, 11) is 0. The van der Waals surface area contributed by atoms with E-state index < -0.39 is 12.1 Å². The van der Waals surface area contributed by atoms with Gasteiger partial charge in [0.15, 0.2) is 0 Å². The Morgan fingerprint density at radius 2 is 1.90 bits per heavy atom. The number of nitrogen functional groups attached to an aromatic ring is 1. The van der Waals surface area contributed by atoms with Gasteiger partial charge in [-0.05, 0) is 37.5 Å². The topological polar surface area (TPSA) is 46.3 Å². The Hall–Kier alpha value is -1.72. The molecule has 110 valence electrons. The quantitative estimate of drug-likeness (QED) is 0.807. The number of aryl methyl sites for hydroxylation is 1. The third-order valence-corrected chi connectivity index (χ3v) is 3.68. The van der Waals surface area contributed by atoms with Gasteiger partial charge in [0, 0.05) is 18.8 Å². The Balaban J connectivity index is 2.05. The molecule has 0 aromatic heterocycles. The SMILES string of the molecule is Cc1ccc(C(=O)N2CCC(C(F)(F)F)CC2)c(N)c1. The molecule has 2 N–H and O–H groups in total. The third-order valence-electron chi connectivity index (χ3n) is 3.68. The van der Waals surface area contributed by atoms with Crippen LogP contribution in [0.1, 0.15) is 28.8 Å². The number of anilines is 1. The van der Waals surface area contributed by atoms with Gasteiger partial charge in [0.25, 0.3) is 5.91 Å². The first-order valence-electron chi connectivity index (χ1n) is 6.51. The van der Waals surface area contributed by atoms with Crippen molar-refractivity contribution in [3.8, 4) is 0 Å². The molecular weight excluding hydrogens is 269 g/mol. The summed E-state index contributed by atoms with van der Waals surface area (Å²) < 4.78 is 37.7. The molecule has 1 heterocycles. The van der Waals surface area contributed by atoms with Crippen molar-refractivity contribution in [2.75, 3.05) is 18.8 Å². The van der Waals surface area contributed by atoms with Crippen LogP contribution in [0.25, 0.3) is 0 Å². The molecule has 0 aliphatic carbocycles. The predicted octanol–water partition coefficient (Wildman–Crippen LogP) is 2.99. The van der Waals surface area contributed by atoms with Crippen LogP contribution < -0.4 is 5.73 Å². The molecule has 0 radical (unpaired) electrons. The van der Waals surface area contributed by atoms with E-state index in [9.17, 15) is 18.0 Å². The maximum atomic E-state index is 12.6. The summed E-state index contributed by atoms with van der Waals surface area (Å²) in [4.78, 5) is 13.7. The largest absolute Gasteiger partial charge is 0.398 e. The summed E-state index contributed by atoms with van der Waals surface area (Å²) in [5, 5.41) is 0. The number of hydrogen-bond acceptors (Lipinski definition) is 2. The lowest BCUT2D eigenvalue weighted by Crippen LogP contribution is -2.42. The van der Waals surface area contributed by atoms with E-state index in [4.69, 9.17) is 5.73 Å². The number of carbonyl (C=O) groups is 1. The number of hydrogen-bond donors (Lipinski definition) is 1. The zero-order valence-corrected chi connectivity index (χ0v) is 11.2. The van der Waals surface area contributed by atoms with Gasteiger partial charge in [0.2, 0.25) is 0 Å². The fourth-order valence-corrected chi connectivity index (χ4v) is 2.46. The van der Waals surface area contributed by atoms with Crippen LogP contribution in [0, 0.1) is 12.8 Å². The van der Waals surface area contributed by atoms with Crippen LogP contribution in [0.3, 0.4) is 0 Å². The number of likely N-dealkylation sites (tertiary alicyclic amines) is 1. The summed E-state index contributed by atoms with van der Waals surface area (Å²) in [6.45, 7) is 2.10. The van der Waals surface area contributed by atoms with Crippen LogP contribution >= 0.6 is 0 Å². The molecule has 3 nitrogen and oxygen atoms in total. The molecule has 1 aromatic rings. The van der Waals surface area contributed by atoms with Gasteiger partial charge in [-0.25, -0.2) is 0 Å². The number of rotatable bonds is 1. The van der Waals surface area contributed by atoms with E-state index in [2.05, 4.69) is 0 Å². The van der Waals surface area contributed by atoms with E-state index in [1.807, 2.05) is 6.92 Å². The van der Waals surface area contributed by atoms with Gasteiger partial charge in [0.05, 0.1) is 11.5 Å². The van der Waals surface area contributed by atoms with Gasteiger partial charge in [-0.15, -0.1) is 0 Å². The van der Waals surface area contributed by atoms with Gasteiger partial charge in [0.1, 0.15) is 0 Å². The molecule has 1 fully saturated rings. The molecule has 2 rings (SSSR count). The van der Waals surface area contributed by atoms with E-state index in [0.717, 1.165) is 5.56 Å². The van der Waals surface area contributed by atoms with E-state index in [-0.39, 0.29) is 31.8 Å². The first-order chi connectivity index (χ1) is 9.29. The van der Waals surface area contributed by atoms with Crippen LogP contribution in [-0.4, -0.2) is 30.1 Å². The van der Waals surface area contributed by atoms with Gasteiger partial charge in [-0.1, -0.05) is 6.07 Å². The van der Waals surface area contributed by atoms with Crippen molar-refractivity contribution < 1.29 is 18.0 Å². The van der Waals surface area contributed by atoms with E-state index in [1.165, 1.54) is 4.90 Å². The van der Waals surface area contributed by atoms with Crippen LogP contribution in [0.15, 0.2) is 18.2 Å². The summed E-state index contributed by atoms with van der Waals surface area (Å²) >= 11 is 0. The molecule has 0 unspecified atom stereocenters. The summed E-state index contributed by atoms with van der Waals surface area (Å²) in [6.07, 6.45) is -4.25. The normalized spacial score (nSPS) is 17.3. The number of alkyl halides is 3. The highest BCUT2D eigenvalue weighted by molar-refractivity contribution is 5.99. The second-order valence-electron chi connectivity index (χ2n) is 5.20. The Bertz CT molecular complexity index is 506. The smallest absolute Gasteiger partial charge is 0.391 e. The number of amides is 1. The predicted molar refractivity (Wildman–Crippen MR) is 70.3 cm³/mol. The lowest BCUT2D eigenvalue weighted by Gasteiger charge is -2.33. The van der Waals surface area contributed by atoms with Crippen LogP contribution in [0.2, 0.25) is 0 Å². The van der Waals surface area contributed by atoms with Crippen molar-refractivity contribution in [2.24, 2.45) is 5.92 Å². The number of piperidine rings is 1. The van der Waals surface area contributed by atoms with E-state index >= 15 is 0 Å². The minimum atomic E-state index is -4.17. The van der Waals surface area contributed by atoms with Crippen LogP contribution in [0.5, 0.6) is 0 Å². The van der Waals surface area contributed by atoms with Gasteiger partial charge >= 0.3 is 6.18 Å². The monoisotopic (exact) mass is 286 g/mol. The molecule has 0 bridgehead atoms. The van der Waals surface area contributed by atoms with Crippen molar-refractivity contribution in [1.29, 1.82) is 0 Å². The van der Waals surface area contributed by atoms with Gasteiger partial charge in [-0.2, -0.15) is 13.2 Å². The van der Waals surface area contributed by atoms with E-state index in [1.54, 1.807) is 18.2 Å². The molecular formula is C14H17F3N2O.